The molecule has 4 nitrogen and oxygen atoms in total. The van der Waals surface area contributed by atoms with Crippen LogP contribution in [0.1, 0.15) is 10.4 Å². The molecule has 6 heteroatoms. The third-order valence-electron chi connectivity index (χ3n) is 1.65. The van der Waals surface area contributed by atoms with E-state index in [1.807, 2.05) is 0 Å². The molecule has 1 rings (SSSR count). The van der Waals surface area contributed by atoms with E-state index in [1.54, 1.807) is 0 Å². The van der Waals surface area contributed by atoms with Gasteiger partial charge in [0.05, 0.1) is 12.1 Å². The molecule has 0 radical (unpaired) electrons. The van der Waals surface area contributed by atoms with E-state index >= 15 is 0 Å². The fourth-order valence-corrected chi connectivity index (χ4v) is 0.921. The zero-order chi connectivity index (χ0) is 10.9. The Balaban J connectivity index is 3.40. The second-order valence-electron chi connectivity index (χ2n) is 2.54. The topological polar surface area (TPSA) is 83.6 Å². The number of phenolic OH excluding ortho intramolecular Hbond substituents is 2. The van der Waals surface area contributed by atoms with Gasteiger partial charge in [-0.1, -0.05) is 0 Å². The second-order valence-corrected chi connectivity index (χ2v) is 2.54. The minimum atomic E-state index is -1.57. The molecule has 14 heavy (non-hydrogen) atoms. The normalized spacial score (nSPS) is 10.2. The summed E-state index contributed by atoms with van der Waals surface area (Å²) in [6.45, 7) is -0.489. The van der Waals surface area contributed by atoms with Crippen LogP contribution in [0.3, 0.4) is 0 Å². The molecule has 0 amide bonds. The molecular weight excluding hydrogens is 196 g/mol. The van der Waals surface area contributed by atoms with Crippen LogP contribution >= 0.6 is 0 Å². The van der Waals surface area contributed by atoms with E-state index in [1.165, 1.54) is 0 Å². The first-order valence-electron chi connectivity index (χ1n) is 3.62. The SMILES string of the molecule is NCC(=O)c1cc(F)c(O)c(F)c1O. The van der Waals surface area contributed by atoms with E-state index < -0.39 is 41.0 Å². The maximum Gasteiger partial charge on any atom is 0.210 e. The Morgan fingerprint density at radius 3 is 2.43 bits per heavy atom. The van der Waals surface area contributed by atoms with Gasteiger partial charge in [-0.15, -0.1) is 0 Å². The van der Waals surface area contributed by atoms with Crippen molar-refractivity contribution in [1.29, 1.82) is 0 Å². The summed E-state index contributed by atoms with van der Waals surface area (Å²) in [5, 5.41) is 17.7. The highest BCUT2D eigenvalue weighted by atomic mass is 19.1. The largest absolute Gasteiger partial charge is 0.504 e. The molecule has 0 aromatic heterocycles. The van der Waals surface area contributed by atoms with E-state index in [9.17, 15) is 13.6 Å². The first kappa shape index (κ1) is 10.4. The maximum absolute atomic E-state index is 12.8. The van der Waals surface area contributed by atoms with Crippen molar-refractivity contribution in [2.45, 2.75) is 0 Å². The summed E-state index contributed by atoms with van der Waals surface area (Å²) in [6.07, 6.45) is 0. The Bertz CT molecular complexity index is 393. The first-order chi connectivity index (χ1) is 6.49. The Morgan fingerprint density at radius 1 is 1.36 bits per heavy atom. The van der Waals surface area contributed by atoms with Crippen LogP contribution in [-0.2, 0) is 0 Å². The highest BCUT2D eigenvalue weighted by Gasteiger charge is 2.20. The molecule has 0 fully saturated rings. The Labute approximate surface area is 77.6 Å². The third-order valence-corrected chi connectivity index (χ3v) is 1.65. The van der Waals surface area contributed by atoms with Gasteiger partial charge in [0.15, 0.2) is 23.1 Å². The quantitative estimate of drug-likeness (QED) is 0.612. The van der Waals surface area contributed by atoms with Crippen LogP contribution in [0.2, 0.25) is 0 Å². The molecule has 0 saturated carbocycles. The lowest BCUT2D eigenvalue weighted by molar-refractivity contribution is 0.0997. The molecule has 1 aromatic rings. The van der Waals surface area contributed by atoms with Crippen LogP contribution in [0, 0.1) is 11.6 Å². The van der Waals surface area contributed by atoms with Gasteiger partial charge in [0.2, 0.25) is 5.82 Å². The zero-order valence-electron chi connectivity index (χ0n) is 6.92. The van der Waals surface area contributed by atoms with Crippen molar-refractivity contribution in [3.05, 3.63) is 23.3 Å². The second kappa shape index (κ2) is 3.59. The molecule has 0 aliphatic rings. The number of rotatable bonds is 2. The molecule has 0 heterocycles. The number of nitrogens with two attached hydrogens (primary N) is 1. The van der Waals surface area contributed by atoms with Crippen molar-refractivity contribution in [1.82, 2.24) is 0 Å². The van der Waals surface area contributed by atoms with E-state index in [2.05, 4.69) is 0 Å². The monoisotopic (exact) mass is 203 g/mol. The standard InChI is InChI=1S/C8H7F2NO3/c9-4-1-3(5(12)2-11)7(13)6(10)8(4)14/h1,13-14H,2,11H2. The van der Waals surface area contributed by atoms with E-state index in [0.717, 1.165) is 0 Å². The summed E-state index contributed by atoms with van der Waals surface area (Å²) in [5.41, 5.74) is 4.36. The van der Waals surface area contributed by atoms with Gasteiger partial charge in [0.25, 0.3) is 0 Å². The van der Waals surface area contributed by atoms with Crippen LogP contribution in [0.15, 0.2) is 6.07 Å². The van der Waals surface area contributed by atoms with E-state index in [4.69, 9.17) is 15.9 Å². The number of benzene rings is 1. The van der Waals surface area contributed by atoms with Gasteiger partial charge in [-0.05, 0) is 6.07 Å². The van der Waals surface area contributed by atoms with Gasteiger partial charge in [-0.3, -0.25) is 4.79 Å². The number of Topliss-reactive ketones (excluding diaryl/α,β-unsaturated/α-hetero) is 1. The smallest absolute Gasteiger partial charge is 0.210 e. The lowest BCUT2D eigenvalue weighted by atomic mass is 10.1. The maximum atomic E-state index is 12.8. The Hall–Kier alpha value is -1.69. The average Bonchev–Trinajstić information content (AvgIpc) is 2.19. The van der Waals surface area contributed by atoms with Gasteiger partial charge in [0.1, 0.15) is 0 Å². The molecule has 0 saturated heterocycles. The minimum absolute atomic E-state index is 0.489. The van der Waals surface area contributed by atoms with Crippen molar-refractivity contribution in [3.63, 3.8) is 0 Å². The number of carbonyl (C=O) groups excluding carboxylic acids is 1. The number of ketones is 1. The summed E-state index contributed by atoms with van der Waals surface area (Å²) in [5.74, 6) is -6.13. The summed E-state index contributed by atoms with van der Waals surface area (Å²) in [7, 11) is 0. The fourth-order valence-electron chi connectivity index (χ4n) is 0.921. The number of hydrogen-bond donors (Lipinski definition) is 3. The lowest BCUT2D eigenvalue weighted by Gasteiger charge is -2.05. The van der Waals surface area contributed by atoms with Gasteiger partial charge in [-0.25, -0.2) is 4.39 Å². The van der Waals surface area contributed by atoms with E-state index in [-0.39, 0.29) is 0 Å². The number of hydrogen-bond acceptors (Lipinski definition) is 4. The van der Waals surface area contributed by atoms with Crippen molar-refractivity contribution < 1.29 is 23.8 Å². The molecular formula is C8H7F2NO3. The molecule has 0 aliphatic carbocycles. The van der Waals surface area contributed by atoms with Crippen molar-refractivity contribution in [2.75, 3.05) is 6.54 Å². The Morgan fingerprint density at radius 2 is 1.93 bits per heavy atom. The zero-order valence-corrected chi connectivity index (χ0v) is 6.92. The van der Waals surface area contributed by atoms with Crippen LogP contribution in [0.4, 0.5) is 8.78 Å². The molecule has 1 aromatic carbocycles. The van der Waals surface area contributed by atoms with Gasteiger partial charge < -0.3 is 15.9 Å². The fraction of sp³-hybridized carbons (Fsp3) is 0.125. The molecule has 0 bridgehead atoms. The van der Waals surface area contributed by atoms with Crippen molar-refractivity contribution in [3.8, 4) is 11.5 Å². The number of aromatic hydroxyl groups is 2. The molecule has 4 N–H and O–H groups in total. The molecule has 0 unspecified atom stereocenters. The van der Waals surface area contributed by atoms with Gasteiger partial charge in [0, 0.05) is 0 Å². The molecule has 0 atom stereocenters. The Kier molecular flexibility index (Phi) is 2.66. The van der Waals surface area contributed by atoms with Crippen LogP contribution in [0.5, 0.6) is 11.5 Å². The first-order valence-corrected chi connectivity index (χ1v) is 3.62. The summed E-state index contributed by atoms with van der Waals surface area (Å²) in [4.78, 5) is 11.0. The molecule has 0 spiro atoms. The predicted octanol–water partition coefficient (Wildman–Crippen LogP) is 0.517. The van der Waals surface area contributed by atoms with Crippen molar-refractivity contribution in [2.24, 2.45) is 5.73 Å². The van der Waals surface area contributed by atoms with E-state index in [0.29, 0.717) is 6.07 Å². The summed E-state index contributed by atoms with van der Waals surface area (Å²) in [6, 6.07) is 0.531. The van der Waals surface area contributed by atoms with Gasteiger partial charge in [-0.2, -0.15) is 4.39 Å². The summed E-state index contributed by atoms with van der Waals surface area (Å²) >= 11 is 0. The highest BCUT2D eigenvalue weighted by Crippen LogP contribution is 2.31. The average molecular weight is 203 g/mol. The number of carbonyl (C=O) groups is 1. The van der Waals surface area contributed by atoms with Crippen LogP contribution in [-0.4, -0.2) is 22.5 Å². The van der Waals surface area contributed by atoms with Crippen LogP contribution in [0.25, 0.3) is 0 Å². The third kappa shape index (κ3) is 1.51. The molecule has 0 aliphatic heterocycles. The highest BCUT2D eigenvalue weighted by molar-refractivity contribution is 6.00. The summed E-state index contributed by atoms with van der Waals surface area (Å²) < 4.78 is 25.5. The van der Waals surface area contributed by atoms with Crippen molar-refractivity contribution >= 4 is 5.78 Å². The lowest BCUT2D eigenvalue weighted by Crippen LogP contribution is -2.14. The number of phenols is 2. The van der Waals surface area contributed by atoms with Gasteiger partial charge >= 0.3 is 0 Å². The minimum Gasteiger partial charge on any atom is -0.504 e. The molecule has 76 valence electrons. The van der Waals surface area contributed by atoms with Crippen LogP contribution < -0.4 is 5.73 Å². The number of halogens is 2. The predicted molar refractivity (Wildman–Crippen MR) is 43.1 cm³/mol.